The Morgan fingerprint density at radius 1 is 1.12 bits per heavy atom. The molecule has 3 nitrogen and oxygen atoms in total. The first-order valence-electron chi connectivity index (χ1n) is 5.83. The summed E-state index contributed by atoms with van der Waals surface area (Å²) in [6, 6.07) is 2.47. The van der Waals surface area contributed by atoms with Crippen LogP contribution in [-0.2, 0) is 6.18 Å². The lowest BCUT2D eigenvalue weighted by atomic mass is 10.2. The maximum absolute atomic E-state index is 13.4. The minimum Gasteiger partial charge on any atom is -0.236 e. The summed E-state index contributed by atoms with van der Waals surface area (Å²) in [5.41, 5.74) is -3.02. The molecular formula is C13H3Cl2F6N3. The monoisotopic (exact) mass is 385 g/mol. The lowest BCUT2D eigenvalue weighted by Gasteiger charge is -2.12. The Hall–Kier alpha value is -2.18. The fourth-order valence-corrected chi connectivity index (χ4v) is 2.44. The molecule has 1 aromatic carbocycles. The van der Waals surface area contributed by atoms with Crippen LogP contribution < -0.4 is 0 Å². The summed E-state index contributed by atoms with van der Waals surface area (Å²) < 4.78 is 76.8. The predicted molar refractivity (Wildman–Crippen MR) is 73.5 cm³/mol. The standard InChI is InChI=1S/C13H3Cl2F6N3/c14-7-1-5(13(19,20)21)2-8(15)11(7)24-4-6(9(3-22)23-24)10(16)12(17)18/h1-2,4H. The molecule has 0 aliphatic carbocycles. The van der Waals surface area contributed by atoms with Crippen molar-refractivity contribution >= 4 is 29.0 Å². The van der Waals surface area contributed by atoms with Gasteiger partial charge in [0.15, 0.2) is 11.5 Å². The Balaban J connectivity index is 2.67. The molecule has 0 saturated carbocycles. The third-order valence-electron chi connectivity index (χ3n) is 2.80. The van der Waals surface area contributed by atoms with E-state index in [1.165, 1.54) is 6.07 Å². The van der Waals surface area contributed by atoms with Crippen LogP contribution >= 0.6 is 23.2 Å². The highest BCUT2D eigenvalue weighted by molar-refractivity contribution is 6.37. The zero-order valence-corrected chi connectivity index (χ0v) is 12.6. The fraction of sp³-hybridized carbons (Fsp3) is 0.0769. The molecule has 0 spiro atoms. The van der Waals surface area contributed by atoms with Crippen molar-refractivity contribution in [2.75, 3.05) is 0 Å². The van der Waals surface area contributed by atoms with Crippen molar-refractivity contribution in [1.82, 2.24) is 9.78 Å². The van der Waals surface area contributed by atoms with E-state index in [-0.39, 0.29) is 5.69 Å². The van der Waals surface area contributed by atoms with Crippen molar-refractivity contribution in [3.05, 3.63) is 51.3 Å². The van der Waals surface area contributed by atoms with Gasteiger partial charge in [0.05, 0.1) is 21.2 Å². The number of nitrogens with zero attached hydrogens (tertiary/aromatic N) is 3. The van der Waals surface area contributed by atoms with Crippen LogP contribution in [0.4, 0.5) is 26.3 Å². The lowest BCUT2D eigenvalue weighted by molar-refractivity contribution is -0.137. The summed E-state index contributed by atoms with van der Waals surface area (Å²) >= 11 is 11.5. The van der Waals surface area contributed by atoms with Crippen LogP contribution in [-0.4, -0.2) is 9.78 Å². The summed E-state index contributed by atoms with van der Waals surface area (Å²) in [7, 11) is 0. The van der Waals surface area contributed by atoms with Gasteiger partial charge in [-0.3, -0.25) is 0 Å². The Bertz CT molecular complexity index is 852. The van der Waals surface area contributed by atoms with E-state index in [1.807, 2.05) is 0 Å². The number of hydrogen-bond acceptors (Lipinski definition) is 2. The molecule has 0 unspecified atom stereocenters. The zero-order valence-electron chi connectivity index (χ0n) is 11.1. The number of aromatic nitrogens is 2. The molecule has 0 amide bonds. The van der Waals surface area contributed by atoms with E-state index in [9.17, 15) is 26.3 Å². The van der Waals surface area contributed by atoms with E-state index < -0.39 is 44.9 Å². The highest BCUT2D eigenvalue weighted by Crippen LogP contribution is 2.38. The third-order valence-corrected chi connectivity index (χ3v) is 3.37. The number of alkyl halides is 3. The van der Waals surface area contributed by atoms with Crippen molar-refractivity contribution in [1.29, 1.82) is 5.26 Å². The number of nitriles is 1. The molecule has 24 heavy (non-hydrogen) atoms. The van der Waals surface area contributed by atoms with E-state index in [0.29, 0.717) is 23.0 Å². The first-order valence-corrected chi connectivity index (χ1v) is 6.59. The lowest BCUT2D eigenvalue weighted by Crippen LogP contribution is -2.07. The van der Waals surface area contributed by atoms with Crippen molar-refractivity contribution in [3.8, 4) is 11.8 Å². The fourth-order valence-electron chi connectivity index (χ4n) is 1.78. The van der Waals surface area contributed by atoms with E-state index in [4.69, 9.17) is 28.5 Å². The molecule has 0 atom stereocenters. The number of benzene rings is 1. The van der Waals surface area contributed by atoms with Gasteiger partial charge in [0.1, 0.15) is 11.8 Å². The molecule has 11 heteroatoms. The van der Waals surface area contributed by atoms with Gasteiger partial charge in [-0.15, -0.1) is 0 Å². The molecule has 1 aromatic heterocycles. The normalized spacial score (nSPS) is 11.3. The third kappa shape index (κ3) is 3.34. The van der Waals surface area contributed by atoms with Crippen LogP contribution in [0.15, 0.2) is 24.4 Å². The summed E-state index contributed by atoms with van der Waals surface area (Å²) in [4.78, 5) is 0. The summed E-state index contributed by atoms with van der Waals surface area (Å²) in [6.45, 7) is 0. The minimum absolute atomic E-state index is 0.318. The Morgan fingerprint density at radius 3 is 2.08 bits per heavy atom. The van der Waals surface area contributed by atoms with E-state index in [0.717, 1.165) is 0 Å². The zero-order chi connectivity index (χ0) is 18.2. The van der Waals surface area contributed by atoms with Gasteiger partial charge in [-0.2, -0.15) is 32.3 Å². The molecule has 0 bridgehead atoms. The van der Waals surface area contributed by atoms with Gasteiger partial charge in [-0.25, -0.2) is 9.07 Å². The van der Waals surface area contributed by atoms with Gasteiger partial charge in [0.2, 0.25) is 0 Å². The van der Waals surface area contributed by atoms with Gasteiger partial charge in [0, 0.05) is 6.20 Å². The van der Waals surface area contributed by atoms with Gasteiger partial charge in [0.25, 0.3) is 0 Å². The van der Waals surface area contributed by atoms with Crippen molar-refractivity contribution in [2.24, 2.45) is 0 Å². The first kappa shape index (κ1) is 18.2. The molecule has 1 heterocycles. The van der Waals surface area contributed by atoms with Crippen molar-refractivity contribution in [2.45, 2.75) is 6.18 Å². The Labute approximate surface area is 140 Å². The average molecular weight is 386 g/mol. The van der Waals surface area contributed by atoms with Crippen LogP contribution in [0.1, 0.15) is 16.8 Å². The Kier molecular flexibility index (Phi) is 4.82. The number of halogens is 8. The first-order chi connectivity index (χ1) is 11.1. The van der Waals surface area contributed by atoms with Crippen LogP contribution in [0.5, 0.6) is 0 Å². The van der Waals surface area contributed by atoms with E-state index in [2.05, 4.69) is 5.10 Å². The second-order valence-corrected chi connectivity index (χ2v) is 5.12. The molecule has 0 N–H and O–H groups in total. The maximum atomic E-state index is 13.4. The molecule has 0 fully saturated rings. The second-order valence-electron chi connectivity index (χ2n) is 4.31. The molecule has 2 rings (SSSR count). The summed E-state index contributed by atoms with van der Waals surface area (Å²) in [5.74, 6) is -1.99. The van der Waals surface area contributed by atoms with Crippen LogP contribution in [0, 0.1) is 11.3 Å². The van der Waals surface area contributed by atoms with Gasteiger partial charge >= 0.3 is 12.3 Å². The number of rotatable bonds is 2. The summed E-state index contributed by atoms with van der Waals surface area (Å²) in [5, 5.41) is 11.3. The molecular weight excluding hydrogens is 383 g/mol. The van der Waals surface area contributed by atoms with E-state index >= 15 is 0 Å². The summed E-state index contributed by atoms with van der Waals surface area (Å²) in [6.07, 6.45) is -6.73. The average Bonchev–Trinajstić information content (AvgIpc) is 2.88. The Morgan fingerprint density at radius 2 is 1.67 bits per heavy atom. The number of hydrogen-bond donors (Lipinski definition) is 0. The smallest absolute Gasteiger partial charge is 0.236 e. The van der Waals surface area contributed by atoms with Crippen LogP contribution in [0.3, 0.4) is 0 Å². The quantitative estimate of drug-likeness (QED) is 0.631. The van der Waals surface area contributed by atoms with Crippen molar-refractivity contribution in [3.63, 3.8) is 0 Å². The molecule has 2 aromatic rings. The predicted octanol–water partition coefficient (Wildman–Crippen LogP) is 5.60. The van der Waals surface area contributed by atoms with Gasteiger partial charge in [-0.05, 0) is 12.1 Å². The van der Waals surface area contributed by atoms with Gasteiger partial charge in [-0.1, -0.05) is 23.2 Å². The molecule has 0 aliphatic rings. The molecule has 0 saturated heterocycles. The van der Waals surface area contributed by atoms with Crippen molar-refractivity contribution < 1.29 is 26.3 Å². The van der Waals surface area contributed by atoms with Crippen LogP contribution in [0.25, 0.3) is 11.5 Å². The second kappa shape index (κ2) is 6.37. The highest BCUT2D eigenvalue weighted by atomic mass is 35.5. The molecule has 0 radical (unpaired) electrons. The SMILES string of the molecule is N#Cc1nn(-c2c(Cl)cc(C(F)(F)F)cc2Cl)cc1C(F)=C(F)F. The maximum Gasteiger partial charge on any atom is 0.416 e. The van der Waals surface area contributed by atoms with Crippen LogP contribution in [0.2, 0.25) is 10.0 Å². The minimum atomic E-state index is -4.72. The molecule has 126 valence electrons. The topological polar surface area (TPSA) is 41.6 Å². The molecule has 0 aliphatic heterocycles. The highest BCUT2D eigenvalue weighted by Gasteiger charge is 2.32. The largest absolute Gasteiger partial charge is 0.416 e. The van der Waals surface area contributed by atoms with E-state index in [1.54, 1.807) is 0 Å². The van der Waals surface area contributed by atoms with Gasteiger partial charge < -0.3 is 0 Å².